The second kappa shape index (κ2) is 7.32. The molecular formula is C17H16ClFN2O2S. The standard InChI is InChI=1S/C17H16ClFN2O2S/c18-15-6-5-14(24-15)17(23)21-9-7-20(8-10-21)16(22)11-12-1-3-13(19)4-2-12/h1-6H,7-11H2. The summed E-state index contributed by atoms with van der Waals surface area (Å²) >= 11 is 7.13. The summed E-state index contributed by atoms with van der Waals surface area (Å²) in [5.41, 5.74) is 0.785. The fourth-order valence-corrected chi connectivity index (χ4v) is 3.64. The largest absolute Gasteiger partial charge is 0.339 e. The lowest BCUT2D eigenvalue weighted by atomic mass is 10.1. The molecule has 126 valence electrons. The predicted octanol–water partition coefficient (Wildman–Crippen LogP) is 3.07. The number of hydrogen-bond donors (Lipinski definition) is 0. The lowest BCUT2D eigenvalue weighted by Gasteiger charge is -2.34. The lowest BCUT2D eigenvalue weighted by molar-refractivity contribution is -0.131. The molecule has 1 saturated heterocycles. The summed E-state index contributed by atoms with van der Waals surface area (Å²) in [6, 6.07) is 9.38. The molecule has 2 amide bonds. The van der Waals surface area contributed by atoms with Crippen LogP contribution in [0, 0.1) is 5.82 Å². The fourth-order valence-electron chi connectivity index (χ4n) is 2.63. The first kappa shape index (κ1) is 16.9. The van der Waals surface area contributed by atoms with E-state index >= 15 is 0 Å². The van der Waals surface area contributed by atoms with Crippen LogP contribution in [0.5, 0.6) is 0 Å². The van der Waals surface area contributed by atoms with Gasteiger partial charge in [0.1, 0.15) is 5.82 Å². The van der Waals surface area contributed by atoms with Crippen molar-refractivity contribution < 1.29 is 14.0 Å². The van der Waals surface area contributed by atoms with Crippen LogP contribution in [0.4, 0.5) is 4.39 Å². The van der Waals surface area contributed by atoms with Gasteiger partial charge in [0.25, 0.3) is 5.91 Å². The van der Waals surface area contributed by atoms with Crippen molar-refractivity contribution in [2.45, 2.75) is 6.42 Å². The second-order valence-corrected chi connectivity index (χ2v) is 7.30. The van der Waals surface area contributed by atoms with Gasteiger partial charge in [-0.15, -0.1) is 11.3 Å². The average Bonchev–Trinajstić information content (AvgIpc) is 3.03. The van der Waals surface area contributed by atoms with Crippen molar-refractivity contribution in [2.75, 3.05) is 26.2 Å². The van der Waals surface area contributed by atoms with Crippen LogP contribution in [0.15, 0.2) is 36.4 Å². The van der Waals surface area contributed by atoms with Gasteiger partial charge >= 0.3 is 0 Å². The Kier molecular flexibility index (Phi) is 5.16. The molecule has 4 nitrogen and oxygen atoms in total. The summed E-state index contributed by atoms with van der Waals surface area (Å²) < 4.78 is 13.5. The first-order valence-corrected chi connectivity index (χ1v) is 8.79. The molecule has 3 rings (SSSR count). The van der Waals surface area contributed by atoms with Crippen molar-refractivity contribution in [1.29, 1.82) is 0 Å². The highest BCUT2D eigenvalue weighted by atomic mass is 35.5. The van der Waals surface area contributed by atoms with Crippen molar-refractivity contribution in [1.82, 2.24) is 9.80 Å². The van der Waals surface area contributed by atoms with Gasteiger partial charge in [-0.25, -0.2) is 4.39 Å². The number of carbonyl (C=O) groups excluding carboxylic acids is 2. The number of hydrogen-bond acceptors (Lipinski definition) is 3. The van der Waals surface area contributed by atoms with Crippen LogP contribution in [0.1, 0.15) is 15.2 Å². The summed E-state index contributed by atoms with van der Waals surface area (Å²) in [7, 11) is 0. The fraction of sp³-hybridized carbons (Fsp3) is 0.294. The van der Waals surface area contributed by atoms with Crippen molar-refractivity contribution in [2.24, 2.45) is 0 Å². The number of benzene rings is 1. The van der Waals surface area contributed by atoms with Crippen LogP contribution >= 0.6 is 22.9 Å². The van der Waals surface area contributed by atoms with Gasteiger partial charge in [-0.05, 0) is 29.8 Å². The van der Waals surface area contributed by atoms with Gasteiger partial charge in [-0.2, -0.15) is 0 Å². The maximum Gasteiger partial charge on any atom is 0.264 e. The second-order valence-electron chi connectivity index (χ2n) is 5.58. The van der Waals surface area contributed by atoms with Crippen molar-refractivity contribution in [3.63, 3.8) is 0 Å². The molecule has 1 aliphatic rings. The van der Waals surface area contributed by atoms with E-state index in [4.69, 9.17) is 11.6 Å². The minimum absolute atomic E-state index is 0.00660. The zero-order valence-electron chi connectivity index (χ0n) is 12.9. The molecule has 0 unspecified atom stereocenters. The lowest BCUT2D eigenvalue weighted by Crippen LogP contribution is -2.50. The van der Waals surface area contributed by atoms with Crippen molar-refractivity contribution >= 4 is 34.8 Å². The van der Waals surface area contributed by atoms with Crippen LogP contribution in [-0.4, -0.2) is 47.8 Å². The zero-order valence-corrected chi connectivity index (χ0v) is 14.4. The van der Waals surface area contributed by atoms with E-state index in [0.29, 0.717) is 35.4 Å². The molecule has 2 heterocycles. The van der Waals surface area contributed by atoms with E-state index in [-0.39, 0.29) is 24.1 Å². The first-order valence-electron chi connectivity index (χ1n) is 7.60. The van der Waals surface area contributed by atoms with E-state index in [0.717, 1.165) is 5.56 Å². The first-order chi connectivity index (χ1) is 11.5. The van der Waals surface area contributed by atoms with Crippen LogP contribution in [0.25, 0.3) is 0 Å². The van der Waals surface area contributed by atoms with Gasteiger partial charge in [0.05, 0.1) is 15.6 Å². The molecule has 0 saturated carbocycles. The molecule has 0 bridgehead atoms. The molecule has 0 radical (unpaired) electrons. The summed E-state index contributed by atoms with van der Waals surface area (Å²) in [5.74, 6) is -0.364. The molecule has 1 fully saturated rings. The van der Waals surface area contributed by atoms with Crippen LogP contribution in [-0.2, 0) is 11.2 Å². The van der Waals surface area contributed by atoms with E-state index in [1.165, 1.54) is 23.5 Å². The van der Waals surface area contributed by atoms with Crippen molar-refractivity contribution in [3.8, 4) is 0 Å². The molecule has 2 aromatic rings. The number of thiophene rings is 1. The minimum atomic E-state index is -0.313. The molecule has 0 spiro atoms. The number of rotatable bonds is 3. The Morgan fingerprint density at radius 2 is 1.62 bits per heavy atom. The minimum Gasteiger partial charge on any atom is -0.339 e. The maximum absolute atomic E-state index is 12.9. The van der Waals surface area contributed by atoms with E-state index in [1.54, 1.807) is 34.1 Å². The topological polar surface area (TPSA) is 40.6 Å². The molecule has 0 N–H and O–H groups in total. The predicted molar refractivity (Wildman–Crippen MR) is 91.9 cm³/mol. The van der Waals surface area contributed by atoms with Gasteiger partial charge in [0.15, 0.2) is 0 Å². The molecule has 0 aliphatic carbocycles. The van der Waals surface area contributed by atoms with Crippen LogP contribution in [0.3, 0.4) is 0 Å². The molecule has 0 atom stereocenters. The molecule has 1 aliphatic heterocycles. The van der Waals surface area contributed by atoms with Gasteiger partial charge in [-0.1, -0.05) is 23.7 Å². The highest BCUT2D eigenvalue weighted by Gasteiger charge is 2.25. The Hall–Kier alpha value is -1.92. The molecule has 7 heteroatoms. The Balaban J connectivity index is 1.53. The number of nitrogens with zero attached hydrogens (tertiary/aromatic N) is 2. The Bertz CT molecular complexity index is 739. The van der Waals surface area contributed by atoms with E-state index < -0.39 is 0 Å². The SMILES string of the molecule is O=C(Cc1ccc(F)cc1)N1CCN(C(=O)c2ccc(Cl)s2)CC1. The summed E-state index contributed by atoms with van der Waals surface area (Å²) in [4.78, 5) is 28.8. The Morgan fingerprint density at radius 1 is 1.00 bits per heavy atom. The van der Waals surface area contributed by atoms with E-state index in [1.807, 2.05) is 0 Å². The molecule has 1 aromatic carbocycles. The molecular weight excluding hydrogens is 351 g/mol. The number of piperazine rings is 1. The maximum atomic E-state index is 12.9. The summed E-state index contributed by atoms with van der Waals surface area (Å²) in [6.45, 7) is 2.02. The van der Waals surface area contributed by atoms with Gasteiger partial charge in [-0.3, -0.25) is 9.59 Å². The number of carbonyl (C=O) groups is 2. The molecule has 24 heavy (non-hydrogen) atoms. The summed E-state index contributed by atoms with van der Waals surface area (Å²) in [6.07, 6.45) is 0.245. The van der Waals surface area contributed by atoms with E-state index in [9.17, 15) is 14.0 Å². The Labute approximate surface area is 148 Å². The van der Waals surface area contributed by atoms with E-state index in [2.05, 4.69) is 0 Å². The van der Waals surface area contributed by atoms with Gasteiger partial charge < -0.3 is 9.80 Å². The number of halogens is 2. The van der Waals surface area contributed by atoms with Gasteiger partial charge in [0.2, 0.25) is 5.91 Å². The van der Waals surface area contributed by atoms with Crippen molar-refractivity contribution in [3.05, 3.63) is 57.0 Å². The number of amides is 2. The third kappa shape index (κ3) is 3.94. The van der Waals surface area contributed by atoms with Crippen LogP contribution < -0.4 is 0 Å². The third-order valence-electron chi connectivity index (χ3n) is 3.97. The molecule has 1 aromatic heterocycles. The highest BCUT2D eigenvalue weighted by molar-refractivity contribution is 7.17. The normalized spacial score (nSPS) is 14.8. The van der Waals surface area contributed by atoms with Crippen LogP contribution in [0.2, 0.25) is 4.34 Å². The van der Waals surface area contributed by atoms with Gasteiger partial charge in [0, 0.05) is 26.2 Å². The quantitative estimate of drug-likeness (QED) is 0.837. The average molecular weight is 367 g/mol. The Morgan fingerprint density at radius 3 is 2.21 bits per heavy atom. The zero-order chi connectivity index (χ0) is 17.1. The monoisotopic (exact) mass is 366 g/mol. The third-order valence-corrected chi connectivity index (χ3v) is 5.19. The summed E-state index contributed by atoms with van der Waals surface area (Å²) in [5, 5.41) is 0. The highest BCUT2D eigenvalue weighted by Crippen LogP contribution is 2.23. The smallest absolute Gasteiger partial charge is 0.264 e.